The first kappa shape index (κ1) is 15.9. The molecule has 0 saturated heterocycles. The van der Waals surface area contributed by atoms with Gasteiger partial charge in [-0.15, -0.1) is 11.3 Å². The largest absolute Gasteiger partial charge is 0.320 e. The van der Waals surface area contributed by atoms with Crippen LogP contribution in [0.1, 0.15) is 17.7 Å². The monoisotopic (exact) mass is 310 g/mol. The van der Waals surface area contributed by atoms with Gasteiger partial charge in [-0.25, -0.2) is 13.1 Å². The molecule has 0 saturated carbocycles. The van der Waals surface area contributed by atoms with Gasteiger partial charge in [-0.3, -0.25) is 0 Å². The average molecular weight is 311 g/mol. The van der Waals surface area contributed by atoms with Gasteiger partial charge in [0.1, 0.15) is 0 Å². The maximum Gasteiger partial charge on any atom is 0.211 e. The van der Waals surface area contributed by atoms with Gasteiger partial charge in [0, 0.05) is 11.4 Å². The SMILES string of the molecule is CNCCCCS(=O)(=O)NCCc1ccc(Cl)s1. The molecule has 104 valence electrons. The second-order valence-electron chi connectivity index (χ2n) is 3.98. The number of hydrogen-bond donors (Lipinski definition) is 2. The highest BCUT2D eigenvalue weighted by atomic mass is 35.5. The Balaban J connectivity index is 2.20. The first-order valence-corrected chi connectivity index (χ1v) is 8.74. The molecule has 0 unspecified atom stereocenters. The van der Waals surface area contributed by atoms with Crippen molar-refractivity contribution in [3.05, 3.63) is 21.3 Å². The Morgan fingerprint density at radius 2 is 2.06 bits per heavy atom. The van der Waals surface area contributed by atoms with Crippen molar-refractivity contribution in [3.8, 4) is 0 Å². The molecule has 1 heterocycles. The van der Waals surface area contributed by atoms with Gasteiger partial charge >= 0.3 is 0 Å². The van der Waals surface area contributed by atoms with E-state index in [9.17, 15) is 8.42 Å². The summed E-state index contributed by atoms with van der Waals surface area (Å²) in [5, 5.41) is 2.99. The second kappa shape index (κ2) is 8.12. The summed E-state index contributed by atoms with van der Waals surface area (Å²) in [6.07, 6.45) is 2.24. The molecular weight excluding hydrogens is 292 g/mol. The lowest BCUT2D eigenvalue weighted by Crippen LogP contribution is -2.28. The average Bonchev–Trinajstić information content (AvgIpc) is 2.70. The van der Waals surface area contributed by atoms with Gasteiger partial charge in [-0.05, 0) is 45.0 Å². The van der Waals surface area contributed by atoms with Gasteiger partial charge in [0.05, 0.1) is 10.1 Å². The molecule has 0 aliphatic carbocycles. The van der Waals surface area contributed by atoms with E-state index in [4.69, 9.17) is 11.6 Å². The molecule has 18 heavy (non-hydrogen) atoms. The van der Waals surface area contributed by atoms with Crippen LogP contribution in [0.25, 0.3) is 0 Å². The zero-order valence-electron chi connectivity index (χ0n) is 10.4. The molecule has 0 aliphatic rings. The quantitative estimate of drug-likeness (QED) is 0.685. The van der Waals surface area contributed by atoms with E-state index in [2.05, 4.69) is 10.0 Å². The normalized spacial score (nSPS) is 11.9. The summed E-state index contributed by atoms with van der Waals surface area (Å²) in [7, 11) is -1.27. The lowest BCUT2D eigenvalue weighted by Gasteiger charge is -2.05. The third kappa shape index (κ3) is 6.70. The topological polar surface area (TPSA) is 58.2 Å². The van der Waals surface area contributed by atoms with Crippen molar-refractivity contribution in [2.24, 2.45) is 0 Å². The predicted molar refractivity (Wildman–Crippen MR) is 78.0 cm³/mol. The van der Waals surface area contributed by atoms with E-state index in [1.54, 1.807) is 0 Å². The first-order chi connectivity index (χ1) is 8.53. The molecule has 0 atom stereocenters. The van der Waals surface area contributed by atoms with E-state index in [0.29, 0.717) is 19.4 Å². The van der Waals surface area contributed by atoms with Crippen molar-refractivity contribution in [2.45, 2.75) is 19.3 Å². The zero-order valence-corrected chi connectivity index (χ0v) is 12.8. The molecule has 0 aliphatic heterocycles. The minimum absolute atomic E-state index is 0.194. The Labute approximate surface area is 118 Å². The third-order valence-corrected chi connectivity index (χ3v) is 5.17. The fourth-order valence-electron chi connectivity index (χ4n) is 1.48. The van der Waals surface area contributed by atoms with Crippen LogP contribution in [0.15, 0.2) is 12.1 Å². The van der Waals surface area contributed by atoms with Crippen LogP contribution in [-0.4, -0.2) is 34.3 Å². The molecule has 0 spiro atoms. The Hall–Kier alpha value is -0.140. The minimum atomic E-state index is -3.13. The molecule has 0 radical (unpaired) electrons. The number of rotatable bonds is 9. The summed E-state index contributed by atoms with van der Waals surface area (Å²) in [5.74, 6) is 0.194. The van der Waals surface area contributed by atoms with E-state index in [-0.39, 0.29) is 5.75 Å². The highest BCUT2D eigenvalue weighted by Crippen LogP contribution is 2.21. The Morgan fingerprint density at radius 1 is 1.28 bits per heavy atom. The molecule has 7 heteroatoms. The number of halogens is 1. The Bertz CT molecular complexity index is 446. The van der Waals surface area contributed by atoms with Crippen LogP contribution in [0.4, 0.5) is 0 Å². The lowest BCUT2D eigenvalue weighted by molar-refractivity contribution is 0.576. The van der Waals surface area contributed by atoms with Crippen molar-refractivity contribution in [1.29, 1.82) is 0 Å². The summed E-state index contributed by atoms with van der Waals surface area (Å²) in [6.45, 7) is 1.29. The van der Waals surface area contributed by atoms with Crippen LogP contribution in [0, 0.1) is 0 Å². The molecule has 0 amide bonds. The molecular formula is C11H19ClN2O2S2. The van der Waals surface area contributed by atoms with E-state index in [1.165, 1.54) is 11.3 Å². The molecule has 1 aromatic heterocycles. The van der Waals surface area contributed by atoms with Crippen molar-refractivity contribution in [1.82, 2.24) is 10.0 Å². The molecule has 4 nitrogen and oxygen atoms in total. The number of sulfonamides is 1. The maximum absolute atomic E-state index is 11.6. The van der Waals surface area contributed by atoms with E-state index < -0.39 is 10.0 Å². The first-order valence-electron chi connectivity index (χ1n) is 5.89. The van der Waals surface area contributed by atoms with Crippen molar-refractivity contribution < 1.29 is 8.42 Å². The van der Waals surface area contributed by atoms with Crippen LogP contribution in [0.3, 0.4) is 0 Å². The predicted octanol–water partition coefficient (Wildman–Crippen LogP) is 1.86. The second-order valence-corrected chi connectivity index (χ2v) is 7.71. The van der Waals surface area contributed by atoms with Gasteiger partial charge in [0.2, 0.25) is 10.0 Å². The summed E-state index contributed by atoms with van der Waals surface area (Å²) in [6, 6.07) is 3.75. The van der Waals surface area contributed by atoms with E-state index >= 15 is 0 Å². The van der Waals surface area contributed by atoms with Gasteiger partial charge in [0.25, 0.3) is 0 Å². The minimum Gasteiger partial charge on any atom is -0.320 e. The molecule has 1 aromatic rings. The van der Waals surface area contributed by atoms with Crippen LogP contribution in [0.2, 0.25) is 4.34 Å². The number of thiophene rings is 1. The van der Waals surface area contributed by atoms with Gasteiger partial charge < -0.3 is 5.32 Å². The van der Waals surface area contributed by atoms with Gasteiger partial charge in [0.15, 0.2) is 0 Å². The molecule has 0 fully saturated rings. The van der Waals surface area contributed by atoms with Crippen LogP contribution < -0.4 is 10.0 Å². The maximum atomic E-state index is 11.6. The Kier molecular flexibility index (Phi) is 7.18. The highest BCUT2D eigenvalue weighted by molar-refractivity contribution is 7.89. The summed E-state index contributed by atoms with van der Waals surface area (Å²) >= 11 is 7.29. The van der Waals surface area contributed by atoms with Crippen molar-refractivity contribution in [3.63, 3.8) is 0 Å². The summed E-state index contributed by atoms with van der Waals surface area (Å²) in [5.41, 5.74) is 0. The molecule has 1 rings (SSSR count). The molecule has 0 aromatic carbocycles. The molecule has 2 N–H and O–H groups in total. The van der Waals surface area contributed by atoms with Gasteiger partial charge in [-0.1, -0.05) is 11.6 Å². The van der Waals surface area contributed by atoms with Crippen LogP contribution in [0.5, 0.6) is 0 Å². The van der Waals surface area contributed by atoms with E-state index in [1.807, 2.05) is 19.2 Å². The van der Waals surface area contributed by atoms with E-state index in [0.717, 1.165) is 22.2 Å². The number of hydrogen-bond acceptors (Lipinski definition) is 4. The van der Waals surface area contributed by atoms with Crippen LogP contribution in [-0.2, 0) is 16.4 Å². The van der Waals surface area contributed by atoms with Crippen LogP contribution >= 0.6 is 22.9 Å². The fourth-order valence-corrected chi connectivity index (χ4v) is 3.71. The smallest absolute Gasteiger partial charge is 0.211 e. The van der Waals surface area contributed by atoms with Crippen molar-refractivity contribution in [2.75, 3.05) is 25.9 Å². The Morgan fingerprint density at radius 3 is 2.67 bits per heavy atom. The highest BCUT2D eigenvalue weighted by Gasteiger charge is 2.09. The zero-order chi connectivity index (χ0) is 13.4. The standard InChI is InChI=1S/C11H19ClN2O2S2/c1-13-7-2-3-9-18(15,16)14-8-6-10-4-5-11(12)17-10/h4-5,13-14H,2-3,6-9H2,1H3. The lowest BCUT2D eigenvalue weighted by atomic mass is 10.3. The van der Waals surface area contributed by atoms with Crippen molar-refractivity contribution >= 4 is 33.0 Å². The number of nitrogens with one attached hydrogen (secondary N) is 2. The summed E-state index contributed by atoms with van der Waals surface area (Å²) < 4.78 is 26.6. The molecule has 0 bridgehead atoms. The summed E-state index contributed by atoms with van der Waals surface area (Å²) in [4.78, 5) is 1.10. The third-order valence-electron chi connectivity index (χ3n) is 2.41. The number of unbranched alkanes of at least 4 members (excludes halogenated alkanes) is 1. The fraction of sp³-hybridized carbons (Fsp3) is 0.636. The van der Waals surface area contributed by atoms with Gasteiger partial charge in [-0.2, -0.15) is 0 Å².